The lowest BCUT2D eigenvalue weighted by atomic mass is 9.97. The van der Waals surface area contributed by atoms with Gasteiger partial charge in [-0.25, -0.2) is 0 Å². The van der Waals surface area contributed by atoms with Gasteiger partial charge < -0.3 is 14.5 Å². The highest BCUT2D eigenvalue weighted by Crippen LogP contribution is 2.29. The third-order valence-electron chi connectivity index (χ3n) is 5.14. The van der Waals surface area contributed by atoms with Gasteiger partial charge in [-0.2, -0.15) is 0 Å². The first-order valence-corrected chi connectivity index (χ1v) is 9.81. The molecule has 148 valence electrons. The minimum Gasteiger partial charge on any atom is -0.455 e. The van der Waals surface area contributed by atoms with Gasteiger partial charge in [0.05, 0.1) is 5.92 Å². The van der Waals surface area contributed by atoms with Crippen LogP contribution >= 0.6 is 11.6 Å². The highest BCUT2D eigenvalue weighted by Gasteiger charge is 2.22. The largest absolute Gasteiger partial charge is 0.455 e. The Morgan fingerprint density at radius 1 is 1.04 bits per heavy atom. The van der Waals surface area contributed by atoms with Gasteiger partial charge in [-0.3, -0.25) is 9.59 Å². The van der Waals surface area contributed by atoms with Crippen molar-refractivity contribution < 1.29 is 14.3 Å². The molecule has 0 saturated carbocycles. The summed E-state index contributed by atoms with van der Waals surface area (Å²) in [7, 11) is 2.03. The number of carbonyl (C=O) groups is 2. The zero-order valence-corrected chi connectivity index (χ0v) is 17.0. The molecule has 1 atom stereocenters. The number of rotatable bonds is 5. The number of hydrogen-bond donors (Lipinski definition) is 0. The lowest BCUT2D eigenvalue weighted by molar-refractivity contribution is -0.153. The van der Waals surface area contributed by atoms with Crippen molar-refractivity contribution in [2.24, 2.45) is 0 Å². The molecule has 0 aliphatic carbocycles. The van der Waals surface area contributed by atoms with Crippen molar-refractivity contribution in [1.29, 1.82) is 0 Å². The molecule has 1 amide bonds. The van der Waals surface area contributed by atoms with Crippen molar-refractivity contribution in [3.05, 3.63) is 59.1 Å². The predicted octanol–water partition coefficient (Wildman–Crippen LogP) is 3.43. The fraction of sp³-hybridized carbons (Fsp3) is 0.364. The van der Waals surface area contributed by atoms with E-state index in [1.54, 1.807) is 11.8 Å². The summed E-state index contributed by atoms with van der Waals surface area (Å²) in [4.78, 5) is 28.5. The highest BCUT2D eigenvalue weighted by molar-refractivity contribution is 6.33. The number of likely N-dealkylation sites (N-methyl/N-ethyl adjacent to an activating group) is 1. The number of carbonyl (C=O) groups excluding carboxylic acids is 2. The smallest absolute Gasteiger partial charge is 0.313 e. The Morgan fingerprint density at radius 3 is 2.32 bits per heavy atom. The van der Waals surface area contributed by atoms with Crippen LogP contribution in [-0.2, 0) is 14.3 Å². The number of amides is 1. The van der Waals surface area contributed by atoms with Crippen LogP contribution in [0.3, 0.4) is 0 Å². The van der Waals surface area contributed by atoms with E-state index in [9.17, 15) is 9.59 Å². The molecule has 0 bridgehead atoms. The first-order chi connectivity index (χ1) is 13.5. The van der Waals surface area contributed by atoms with Gasteiger partial charge in [0.25, 0.3) is 5.91 Å². The molecule has 1 fully saturated rings. The molecular weight excluding hydrogens is 376 g/mol. The molecule has 0 aromatic heterocycles. The van der Waals surface area contributed by atoms with E-state index in [2.05, 4.69) is 4.90 Å². The van der Waals surface area contributed by atoms with Crippen molar-refractivity contribution in [3.8, 4) is 11.1 Å². The summed E-state index contributed by atoms with van der Waals surface area (Å²) in [5.74, 6) is -0.976. The molecule has 1 heterocycles. The van der Waals surface area contributed by atoms with E-state index in [0.717, 1.165) is 29.8 Å². The van der Waals surface area contributed by atoms with Crippen LogP contribution in [0.15, 0.2) is 48.5 Å². The van der Waals surface area contributed by atoms with Crippen LogP contribution in [0, 0.1) is 0 Å². The lowest BCUT2D eigenvalue weighted by Crippen LogP contribution is -2.48. The molecule has 0 unspecified atom stereocenters. The Labute approximate surface area is 170 Å². The normalized spacial score (nSPS) is 15.9. The van der Waals surface area contributed by atoms with Crippen LogP contribution in [0.5, 0.6) is 0 Å². The molecule has 3 rings (SSSR count). The summed E-state index contributed by atoms with van der Waals surface area (Å²) in [6, 6.07) is 15.3. The minimum absolute atomic E-state index is 0.136. The summed E-state index contributed by atoms with van der Waals surface area (Å²) in [6.45, 7) is 4.61. The zero-order valence-electron chi connectivity index (χ0n) is 16.2. The van der Waals surface area contributed by atoms with Gasteiger partial charge in [-0.1, -0.05) is 54.1 Å². The Morgan fingerprint density at radius 2 is 1.68 bits per heavy atom. The van der Waals surface area contributed by atoms with Crippen molar-refractivity contribution in [3.63, 3.8) is 0 Å². The minimum atomic E-state index is -0.444. The van der Waals surface area contributed by atoms with Gasteiger partial charge >= 0.3 is 5.97 Å². The number of ether oxygens (including phenoxy) is 1. The van der Waals surface area contributed by atoms with Crippen molar-refractivity contribution in [2.45, 2.75) is 12.8 Å². The highest BCUT2D eigenvalue weighted by atomic mass is 35.5. The molecule has 1 saturated heterocycles. The van der Waals surface area contributed by atoms with E-state index in [4.69, 9.17) is 16.3 Å². The van der Waals surface area contributed by atoms with Gasteiger partial charge in [0.15, 0.2) is 6.61 Å². The number of piperazine rings is 1. The number of hydrogen-bond acceptors (Lipinski definition) is 4. The monoisotopic (exact) mass is 400 g/mol. The van der Waals surface area contributed by atoms with Crippen LogP contribution < -0.4 is 0 Å². The second kappa shape index (κ2) is 9.22. The SMILES string of the molecule is C[C@H](C(=O)OCC(=O)N1CCN(C)CC1)c1ccc(-c2ccccc2Cl)cc1. The quantitative estimate of drug-likeness (QED) is 0.721. The molecule has 0 N–H and O–H groups in total. The molecular formula is C22H25ClN2O3. The van der Waals surface area contributed by atoms with Crippen LogP contribution in [0.2, 0.25) is 5.02 Å². The molecule has 0 radical (unpaired) electrons. The average Bonchev–Trinajstić information content (AvgIpc) is 2.72. The maximum atomic E-state index is 12.4. The van der Waals surface area contributed by atoms with Gasteiger partial charge in [0, 0.05) is 36.8 Å². The van der Waals surface area contributed by atoms with Gasteiger partial charge in [-0.05, 0) is 31.2 Å². The third kappa shape index (κ3) is 4.91. The summed E-state index contributed by atoms with van der Waals surface area (Å²) < 4.78 is 5.27. The van der Waals surface area contributed by atoms with Crippen molar-refractivity contribution >= 4 is 23.5 Å². The molecule has 2 aromatic rings. The van der Waals surface area contributed by atoms with Crippen LogP contribution in [0.25, 0.3) is 11.1 Å². The Kier molecular flexibility index (Phi) is 6.70. The van der Waals surface area contributed by atoms with Gasteiger partial charge in [0.1, 0.15) is 0 Å². The summed E-state index contributed by atoms with van der Waals surface area (Å²) in [5.41, 5.74) is 2.77. The number of halogens is 1. The fourth-order valence-electron chi connectivity index (χ4n) is 3.19. The Balaban J connectivity index is 1.56. The maximum absolute atomic E-state index is 12.4. The molecule has 5 nitrogen and oxygen atoms in total. The van der Waals surface area contributed by atoms with E-state index >= 15 is 0 Å². The van der Waals surface area contributed by atoms with E-state index in [1.165, 1.54) is 0 Å². The second-order valence-electron chi connectivity index (χ2n) is 7.12. The third-order valence-corrected chi connectivity index (χ3v) is 5.47. The van der Waals surface area contributed by atoms with Gasteiger partial charge in [-0.15, -0.1) is 0 Å². The number of nitrogens with zero attached hydrogens (tertiary/aromatic N) is 2. The molecule has 0 spiro atoms. The zero-order chi connectivity index (χ0) is 20.1. The van der Waals surface area contributed by atoms with Gasteiger partial charge in [0.2, 0.25) is 0 Å². The summed E-state index contributed by atoms with van der Waals surface area (Å²) in [5, 5.41) is 0.685. The van der Waals surface area contributed by atoms with Crippen LogP contribution in [0.4, 0.5) is 0 Å². The molecule has 1 aliphatic heterocycles. The van der Waals surface area contributed by atoms with E-state index in [-0.39, 0.29) is 12.5 Å². The Bertz CT molecular complexity index is 830. The van der Waals surface area contributed by atoms with E-state index < -0.39 is 11.9 Å². The Hall–Kier alpha value is -2.37. The topological polar surface area (TPSA) is 49.9 Å². The molecule has 2 aromatic carbocycles. The second-order valence-corrected chi connectivity index (χ2v) is 7.52. The molecule has 6 heteroatoms. The number of benzene rings is 2. The molecule has 28 heavy (non-hydrogen) atoms. The van der Waals surface area contributed by atoms with E-state index in [1.807, 2.05) is 55.6 Å². The summed E-state index contributed by atoms with van der Waals surface area (Å²) >= 11 is 6.24. The standard InChI is InChI=1S/C22H25ClN2O3/c1-16(22(27)28-15-21(26)25-13-11-24(2)12-14-25)17-7-9-18(10-8-17)19-5-3-4-6-20(19)23/h3-10,16H,11-15H2,1-2H3/t16-/m0/s1. The number of esters is 1. The van der Waals surface area contributed by atoms with Crippen molar-refractivity contribution in [1.82, 2.24) is 9.80 Å². The predicted molar refractivity (Wildman–Crippen MR) is 110 cm³/mol. The average molecular weight is 401 g/mol. The van der Waals surface area contributed by atoms with Crippen LogP contribution in [-0.4, -0.2) is 61.5 Å². The first kappa shape index (κ1) is 20.4. The lowest BCUT2D eigenvalue weighted by Gasteiger charge is -2.32. The van der Waals surface area contributed by atoms with Crippen molar-refractivity contribution in [2.75, 3.05) is 39.8 Å². The molecule has 1 aliphatic rings. The first-order valence-electron chi connectivity index (χ1n) is 9.43. The summed E-state index contributed by atoms with van der Waals surface area (Å²) in [6.07, 6.45) is 0. The fourth-order valence-corrected chi connectivity index (χ4v) is 3.43. The van der Waals surface area contributed by atoms with E-state index in [0.29, 0.717) is 18.1 Å². The maximum Gasteiger partial charge on any atom is 0.313 e. The van der Waals surface area contributed by atoms with Crippen LogP contribution in [0.1, 0.15) is 18.4 Å².